The van der Waals surface area contributed by atoms with Crippen LogP contribution in [0.5, 0.6) is 0 Å². The van der Waals surface area contributed by atoms with Crippen molar-refractivity contribution in [3.8, 4) is 0 Å². The molecule has 4 nitrogen and oxygen atoms in total. The molecule has 0 radical (unpaired) electrons. The van der Waals surface area contributed by atoms with Crippen LogP contribution in [0, 0.1) is 0 Å². The number of halogens is 2. The van der Waals surface area contributed by atoms with E-state index >= 15 is 0 Å². The number of rotatable bonds is 3. The van der Waals surface area contributed by atoms with Gasteiger partial charge in [0.25, 0.3) is 0 Å². The zero-order valence-corrected chi connectivity index (χ0v) is 10.3. The van der Waals surface area contributed by atoms with Gasteiger partial charge in [-0.15, -0.1) is 0 Å². The van der Waals surface area contributed by atoms with Gasteiger partial charge in [-0.25, -0.2) is 10.8 Å². The quantitative estimate of drug-likeness (QED) is 0.590. The van der Waals surface area contributed by atoms with E-state index in [1.807, 2.05) is 0 Å². The summed E-state index contributed by atoms with van der Waals surface area (Å²) < 4.78 is 0. The summed E-state index contributed by atoms with van der Waals surface area (Å²) in [6.45, 7) is 0. The SMILES string of the molecule is NNc1cc(Nc2cc(Cl)ccc2Cl)ccn1. The lowest BCUT2D eigenvalue weighted by molar-refractivity contribution is 1.23. The number of pyridine rings is 1. The fourth-order valence-electron chi connectivity index (χ4n) is 1.34. The summed E-state index contributed by atoms with van der Waals surface area (Å²) in [5, 5.41) is 4.34. The Morgan fingerprint density at radius 3 is 2.71 bits per heavy atom. The smallest absolute Gasteiger partial charge is 0.141 e. The summed E-state index contributed by atoms with van der Waals surface area (Å²) in [6.07, 6.45) is 1.63. The van der Waals surface area contributed by atoms with Gasteiger partial charge in [0.05, 0.1) is 10.7 Å². The molecule has 0 spiro atoms. The van der Waals surface area contributed by atoms with Gasteiger partial charge in [0.2, 0.25) is 0 Å². The average molecular weight is 269 g/mol. The molecule has 0 saturated heterocycles. The van der Waals surface area contributed by atoms with Gasteiger partial charge in [-0.1, -0.05) is 23.2 Å². The Balaban J connectivity index is 2.27. The minimum Gasteiger partial charge on any atom is -0.354 e. The third kappa shape index (κ3) is 3.00. The van der Waals surface area contributed by atoms with Crippen molar-refractivity contribution in [1.82, 2.24) is 4.98 Å². The molecule has 0 saturated carbocycles. The van der Waals surface area contributed by atoms with Crippen molar-refractivity contribution in [2.45, 2.75) is 0 Å². The number of nitrogen functional groups attached to an aromatic ring is 1. The molecule has 0 amide bonds. The summed E-state index contributed by atoms with van der Waals surface area (Å²) in [4.78, 5) is 4.00. The molecule has 4 N–H and O–H groups in total. The summed E-state index contributed by atoms with van der Waals surface area (Å²) >= 11 is 11.9. The highest BCUT2D eigenvalue weighted by Gasteiger charge is 2.02. The van der Waals surface area contributed by atoms with Crippen LogP contribution in [0.25, 0.3) is 0 Å². The zero-order chi connectivity index (χ0) is 12.3. The number of nitrogens with zero attached hydrogens (tertiary/aromatic N) is 1. The van der Waals surface area contributed by atoms with Gasteiger partial charge < -0.3 is 10.7 Å². The highest BCUT2D eigenvalue weighted by atomic mass is 35.5. The summed E-state index contributed by atoms with van der Waals surface area (Å²) in [6, 6.07) is 8.78. The van der Waals surface area contributed by atoms with Crippen molar-refractivity contribution in [2.24, 2.45) is 5.84 Å². The van der Waals surface area contributed by atoms with Crippen LogP contribution in [0.4, 0.5) is 17.2 Å². The Morgan fingerprint density at radius 2 is 1.94 bits per heavy atom. The van der Waals surface area contributed by atoms with Crippen LogP contribution < -0.4 is 16.6 Å². The number of nitrogens with one attached hydrogen (secondary N) is 2. The molecule has 17 heavy (non-hydrogen) atoms. The maximum absolute atomic E-state index is 6.04. The molecule has 0 unspecified atom stereocenters. The van der Waals surface area contributed by atoms with E-state index in [1.54, 1.807) is 36.5 Å². The Morgan fingerprint density at radius 1 is 1.12 bits per heavy atom. The number of hydrogen-bond donors (Lipinski definition) is 3. The van der Waals surface area contributed by atoms with E-state index in [9.17, 15) is 0 Å². The summed E-state index contributed by atoms with van der Waals surface area (Å²) in [5.74, 6) is 5.84. The number of hydrogen-bond acceptors (Lipinski definition) is 4. The van der Waals surface area contributed by atoms with Gasteiger partial charge in [0, 0.05) is 23.0 Å². The standard InChI is InChI=1S/C11H10Cl2N4/c12-7-1-2-9(13)10(5-7)16-8-3-4-15-11(6-8)17-14/h1-6H,14H2,(H2,15,16,17). The van der Waals surface area contributed by atoms with Crippen molar-refractivity contribution >= 4 is 40.4 Å². The fourth-order valence-corrected chi connectivity index (χ4v) is 1.67. The predicted octanol–water partition coefficient (Wildman–Crippen LogP) is 3.42. The molecule has 0 aliphatic heterocycles. The van der Waals surface area contributed by atoms with Crippen molar-refractivity contribution in [2.75, 3.05) is 10.7 Å². The highest BCUT2D eigenvalue weighted by molar-refractivity contribution is 6.35. The van der Waals surface area contributed by atoms with E-state index in [1.165, 1.54) is 0 Å². The molecular formula is C11H10Cl2N4. The monoisotopic (exact) mass is 268 g/mol. The number of aromatic nitrogens is 1. The molecule has 0 aliphatic carbocycles. The Hall–Kier alpha value is -1.49. The van der Waals surface area contributed by atoms with Crippen molar-refractivity contribution in [3.05, 3.63) is 46.6 Å². The third-order valence-electron chi connectivity index (χ3n) is 2.12. The molecule has 0 atom stereocenters. The van der Waals surface area contributed by atoms with Crippen LogP contribution in [0.3, 0.4) is 0 Å². The van der Waals surface area contributed by atoms with Crippen LogP contribution in [0.1, 0.15) is 0 Å². The van der Waals surface area contributed by atoms with E-state index in [0.29, 0.717) is 15.9 Å². The minimum atomic E-state index is 0.563. The lowest BCUT2D eigenvalue weighted by atomic mass is 10.3. The highest BCUT2D eigenvalue weighted by Crippen LogP contribution is 2.28. The Bertz CT molecular complexity index is 531. The largest absolute Gasteiger partial charge is 0.354 e. The first kappa shape index (κ1) is 12.0. The van der Waals surface area contributed by atoms with E-state index in [4.69, 9.17) is 29.0 Å². The van der Waals surface area contributed by atoms with Gasteiger partial charge in [-0.3, -0.25) is 0 Å². The second kappa shape index (κ2) is 5.23. The number of hydrazine groups is 1. The molecule has 88 valence electrons. The van der Waals surface area contributed by atoms with Crippen molar-refractivity contribution in [3.63, 3.8) is 0 Å². The molecule has 1 aromatic carbocycles. The number of nitrogens with two attached hydrogens (primary N) is 1. The Kier molecular flexibility index (Phi) is 3.68. The van der Waals surface area contributed by atoms with Crippen LogP contribution in [0.15, 0.2) is 36.5 Å². The van der Waals surface area contributed by atoms with Crippen LogP contribution in [-0.4, -0.2) is 4.98 Å². The van der Waals surface area contributed by atoms with Gasteiger partial charge in [0.15, 0.2) is 0 Å². The van der Waals surface area contributed by atoms with Crippen molar-refractivity contribution < 1.29 is 0 Å². The maximum atomic E-state index is 6.04. The minimum absolute atomic E-state index is 0.563. The molecule has 2 rings (SSSR count). The van der Waals surface area contributed by atoms with Gasteiger partial charge >= 0.3 is 0 Å². The summed E-state index contributed by atoms with van der Waals surface area (Å²) in [5.41, 5.74) is 4.02. The summed E-state index contributed by atoms with van der Waals surface area (Å²) in [7, 11) is 0. The molecule has 2 aromatic rings. The van der Waals surface area contributed by atoms with E-state index < -0.39 is 0 Å². The van der Waals surface area contributed by atoms with Gasteiger partial charge in [-0.2, -0.15) is 0 Å². The molecular weight excluding hydrogens is 259 g/mol. The Labute approximate surface area is 109 Å². The lowest BCUT2D eigenvalue weighted by Crippen LogP contribution is -2.08. The molecule has 0 bridgehead atoms. The molecule has 0 fully saturated rings. The molecule has 0 aliphatic rings. The first-order chi connectivity index (χ1) is 8.19. The topological polar surface area (TPSA) is 63.0 Å². The first-order valence-corrected chi connectivity index (χ1v) is 5.59. The first-order valence-electron chi connectivity index (χ1n) is 4.84. The third-order valence-corrected chi connectivity index (χ3v) is 2.68. The van der Waals surface area contributed by atoms with Crippen LogP contribution >= 0.6 is 23.2 Å². The number of anilines is 3. The molecule has 1 heterocycles. The lowest BCUT2D eigenvalue weighted by Gasteiger charge is -2.09. The maximum Gasteiger partial charge on any atom is 0.141 e. The van der Waals surface area contributed by atoms with Crippen molar-refractivity contribution in [1.29, 1.82) is 0 Å². The second-order valence-electron chi connectivity index (χ2n) is 3.32. The molecule has 1 aromatic heterocycles. The van der Waals surface area contributed by atoms with Gasteiger partial charge in [-0.05, 0) is 24.3 Å². The van der Waals surface area contributed by atoms with Crippen LogP contribution in [0.2, 0.25) is 10.0 Å². The molecule has 6 heteroatoms. The number of benzene rings is 1. The van der Waals surface area contributed by atoms with E-state index in [0.717, 1.165) is 11.4 Å². The van der Waals surface area contributed by atoms with Gasteiger partial charge in [0.1, 0.15) is 5.82 Å². The fraction of sp³-hybridized carbons (Fsp3) is 0. The second-order valence-corrected chi connectivity index (χ2v) is 4.17. The zero-order valence-electron chi connectivity index (χ0n) is 8.74. The average Bonchev–Trinajstić information content (AvgIpc) is 2.34. The predicted molar refractivity (Wildman–Crippen MR) is 71.8 cm³/mol. The van der Waals surface area contributed by atoms with E-state index in [2.05, 4.69) is 15.7 Å². The van der Waals surface area contributed by atoms with Crippen LogP contribution in [-0.2, 0) is 0 Å². The van der Waals surface area contributed by atoms with E-state index in [-0.39, 0.29) is 0 Å². The normalized spacial score (nSPS) is 10.1.